The van der Waals surface area contributed by atoms with E-state index >= 15 is 0 Å². The lowest BCUT2D eigenvalue weighted by Crippen LogP contribution is -2.39. The summed E-state index contributed by atoms with van der Waals surface area (Å²) in [6.07, 6.45) is 3.08. The second-order valence-electron chi connectivity index (χ2n) is 7.59. The number of alkyl halides is 2. The number of rotatable bonds is 5. The van der Waals surface area contributed by atoms with Crippen molar-refractivity contribution in [3.63, 3.8) is 0 Å². The van der Waals surface area contributed by atoms with Gasteiger partial charge in [0.05, 0.1) is 0 Å². The highest BCUT2D eigenvalue weighted by molar-refractivity contribution is 5.73. The third-order valence-corrected chi connectivity index (χ3v) is 5.15. The fourth-order valence-corrected chi connectivity index (χ4v) is 3.55. The van der Waals surface area contributed by atoms with Gasteiger partial charge in [-0.15, -0.1) is 0 Å². The molecular formula is C24H23F2N3O2. The van der Waals surface area contributed by atoms with Crippen LogP contribution in [0.25, 0.3) is 11.1 Å². The first-order valence-corrected chi connectivity index (χ1v) is 9.95. The predicted molar refractivity (Wildman–Crippen MR) is 115 cm³/mol. The highest BCUT2D eigenvalue weighted by Gasteiger charge is 2.46. The first-order valence-electron chi connectivity index (χ1n) is 9.95. The van der Waals surface area contributed by atoms with Crippen molar-refractivity contribution in [1.29, 1.82) is 0 Å². The van der Waals surface area contributed by atoms with Gasteiger partial charge in [0.25, 0.3) is 6.02 Å². The van der Waals surface area contributed by atoms with Gasteiger partial charge in [-0.3, -0.25) is 4.98 Å². The first kappa shape index (κ1) is 20.8. The van der Waals surface area contributed by atoms with E-state index in [-0.39, 0.29) is 17.7 Å². The second kappa shape index (κ2) is 8.34. The molecular weight excluding hydrogens is 400 g/mol. The summed E-state index contributed by atoms with van der Waals surface area (Å²) in [5.41, 5.74) is 9.34. The van der Waals surface area contributed by atoms with E-state index in [4.69, 9.17) is 15.2 Å². The van der Waals surface area contributed by atoms with Crippen LogP contribution >= 0.6 is 0 Å². The van der Waals surface area contributed by atoms with Gasteiger partial charge in [0.15, 0.2) is 12.6 Å². The summed E-state index contributed by atoms with van der Waals surface area (Å²) in [7, 11) is 0. The van der Waals surface area contributed by atoms with Crippen LogP contribution in [-0.4, -0.2) is 23.5 Å². The summed E-state index contributed by atoms with van der Waals surface area (Å²) in [5.74, 6) is -2.91. The number of aliphatic imine (C=N–C) groups is 1. The molecule has 2 aromatic carbocycles. The molecule has 1 aromatic heterocycles. The maximum Gasteiger partial charge on any atom is 0.307 e. The Morgan fingerprint density at radius 2 is 1.87 bits per heavy atom. The van der Waals surface area contributed by atoms with Crippen LogP contribution in [0, 0.1) is 6.92 Å². The molecule has 2 N–H and O–H groups in total. The lowest BCUT2D eigenvalue weighted by atomic mass is 9.95. The Kier molecular flexibility index (Phi) is 5.59. The molecule has 2 heterocycles. The highest BCUT2D eigenvalue weighted by Crippen LogP contribution is 2.43. The second-order valence-corrected chi connectivity index (χ2v) is 7.59. The Morgan fingerprint density at radius 1 is 1.10 bits per heavy atom. The predicted octanol–water partition coefficient (Wildman–Crippen LogP) is 5.22. The average molecular weight is 423 g/mol. The van der Waals surface area contributed by atoms with Crippen molar-refractivity contribution in [2.75, 3.05) is 6.61 Å². The summed E-state index contributed by atoms with van der Waals surface area (Å²) >= 11 is 0. The number of aromatic nitrogens is 1. The lowest BCUT2D eigenvalue weighted by molar-refractivity contribution is -0.0787. The number of ether oxygens (including phenoxy) is 2. The molecule has 4 rings (SSSR count). The summed E-state index contributed by atoms with van der Waals surface area (Å²) < 4.78 is 40.5. The van der Waals surface area contributed by atoms with Gasteiger partial charge in [-0.2, -0.15) is 0 Å². The van der Waals surface area contributed by atoms with Gasteiger partial charge in [0, 0.05) is 23.5 Å². The zero-order valence-corrected chi connectivity index (χ0v) is 17.3. The number of amidine groups is 1. The lowest BCUT2D eigenvalue weighted by Gasteiger charge is -2.30. The molecule has 0 bridgehead atoms. The van der Waals surface area contributed by atoms with Gasteiger partial charge >= 0.3 is 5.92 Å². The molecule has 0 fully saturated rings. The van der Waals surface area contributed by atoms with E-state index in [1.54, 1.807) is 24.5 Å². The van der Waals surface area contributed by atoms with Crippen molar-refractivity contribution >= 4 is 6.02 Å². The molecule has 3 aromatic rings. The number of pyridine rings is 1. The average Bonchev–Trinajstić information content (AvgIpc) is 2.76. The van der Waals surface area contributed by atoms with E-state index in [1.807, 2.05) is 56.3 Å². The van der Waals surface area contributed by atoms with Crippen molar-refractivity contribution in [2.45, 2.75) is 31.9 Å². The largest absolute Gasteiger partial charge is 0.486 e. The van der Waals surface area contributed by atoms with Crippen molar-refractivity contribution in [1.82, 2.24) is 4.98 Å². The topological polar surface area (TPSA) is 69.7 Å². The Labute approximate surface area is 179 Å². The molecule has 5 nitrogen and oxygen atoms in total. The monoisotopic (exact) mass is 423 g/mol. The molecule has 2 unspecified atom stereocenters. The molecule has 1 aliphatic rings. The van der Waals surface area contributed by atoms with Crippen LogP contribution in [0.3, 0.4) is 0 Å². The third kappa shape index (κ3) is 4.50. The summed E-state index contributed by atoms with van der Waals surface area (Å²) in [6.45, 7) is 2.96. The summed E-state index contributed by atoms with van der Waals surface area (Å²) in [5, 5.41) is 0. The number of nitrogens with zero attached hydrogens (tertiary/aromatic N) is 2. The molecule has 0 aliphatic carbocycles. The van der Waals surface area contributed by atoms with Gasteiger partial charge in [-0.05, 0) is 48.7 Å². The van der Waals surface area contributed by atoms with Crippen LogP contribution in [0.2, 0.25) is 0 Å². The molecule has 0 amide bonds. The first-order chi connectivity index (χ1) is 14.8. The minimum absolute atomic E-state index is 0.248. The van der Waals surface area contributed by atoms with Crippen LogP contribution in [0.5, 0.6) is 5.75 Å². The van der Waals surface area contributed by atoms with E-state index in [2.05, 4.69) is 9.98 Å². The Hall–Kier alpha value is -3.48. The Bertz CT molecular complexity index is 1100. The van der Waals surface area contributed by atoms with Crippen LogP contribution in [0.1, 0.15) is 35.8 Å². The molecule has 0 radical (unpaired) electrons. The number of nitrogens with two attached hydrogens (primary N) is 1. The molecule has 31 heavy (non-hydrogen) atoms. The van der Waals surface area contributed by atoms with Crippen LogP contribution in [-0.2, 0) is 4.74 Å². The number of hydrogen-bond acceptors (Lipinski definition) is 5. The maximum atomic E-state index is 14.8. The van der Waals surface area contributed by atoms with E-state index in [0.29, 0.717) is 5.75 Å². The number of aryl methyl sites for hydroxylation is 1. The molecule has 7 heteroatoms. The molecule has 0 spiro atoms. The number of halogens is 2. The molecule has 0 saturated heterocycles. The van der Waals surface area contributed by atoms with Crippen molar-refractivity contribution in [2.24, 2.45) is 10.7 Å². The van der Waals surface area contributed by atoms with Crippen LogP contribution < -0.4 is 10.5 Å². The SMILES string of the molecule is Cc1cncc(-c2ccc(OC(C)c3ccccc3)c(C3N=C(N)OCC3(F)F)c2)c1. The zero-order chi connectivity index (χ0) is 22.0. The quantitative estimate of drug-likeness (QED) is 0.611. The standard InChI is InChI=1S/C24H23F2N3O2/c1-15-10-19(13-28-12-15)18-8-9-21(31-16(2)17-6-4-3-5-7-17)20(11-18)22-24(25,26)14-30-23(27)29-22/h3-13,16,22H,14H2,1-2H3,(H2,27,29). The third-order valence-electron chi connectivity index (χ3n) is 5.15. The van der Waals surface area contributed by atoms with Crippen molar-refractivity contribution < 1.29 is 18.3 Å². The van der Waals surface area contributed by atoms with Crippen molar-refractivity contribution in [3.05, 3.63) is 83.7 Å². The smallest absolute Gasteiger partial charge is 0.307 e. The van der Waals surface area contributed by atoms with Crippen LogP contribution in [0.15, 0.2) is 72.0 Å². The minimum Gasteiger partial charge on any atom is -0.486 e. The molecule has 1 aliphatic heterocycles. The molecule has 0 saturated carbocycles. The van der Waals surface area contributed by atoms with Crippen molar-refractivity contribution in [3.8, 4) is 16.9 Å². The highest BCUT2D eigenvalue weighted by atomic mass is 19.3. The maximum absolute atomic E-state index is 14.8. The molecule has 2 atom stereocenters. The normalized spacial score (nSPS) is 18.6. The number of benzene rings is 2. The van der Waals surface area contributed by atoms with E-state index < -0.39 is 18.6 Å². The zero-order valence-electron chi connectivity index (χ0n) is 17.3. The summed E-state index contributed by atoms with van der Waals surface area (Å²) in [6, 6.07) is 14.9. The Balaban J connectivity index is 1.79. The molecule has 160 valence electrons. The van der Waals surface area contributed by atoms with E-state index in [9.17, 15) is 8.78 Å². The van der Waals surface area contributed by atoms with E-state index in [1.165, 1.54) is 0 Å². The van der Waals surface area contributed by atoms with E-state index in [0.717, 1.165) is 22.3 Å². The van der Waals surface area contributed by atoms with Crippen LogP contribution in [0.4, 0.5) is 8.78 Å². The van der Waals surface area contributed by atoms with Gasteiger partial charge in [-0.1, -0.05) is 36.4 Å². The van der Waals surface area contributed by atoms with Gasteiger partial charge in [-0.25, -0.2) is 13.8 Å². The Morgan fingerprint density at radius 3 is 2.61 bits per heavy atom. The minimum atomic E-state index is -3.24. The van der Waals surface area contributed by atoms with Gasteiger partial charge < -0.3 is 15.2 Å². The summed E-state index contributed by atoms with van der Waals surface area (Å²) in [4.78, 5) is 8.13. The fourth-order valence-electron chi connectivity index (χ4n) is 3.55. The van der Waals surface area contributed by atoms with Gasteiger partial charge in [0.2, 0.25) is 0 Å². The van der Waals surface area contributed by atoms with Gasteiger partial charge in [0.1, 0.15) is 11.9 Å². The number of hydrogen-bond donors (Lipinski definition) is 1. The fraction of sp³-hybridized carbons (Fsp3) is 0.250.